The number of hydrogen-bond acceptors (Lipinski definition) is 6. The molecule has 1 aliphatic rings. The van der Waals surface area contributed by atoms with Gasteiger partial charge in [-0.1, -0.05) is 11.8 Å². The van der Waals surface area contributed by atoms with Crippen LogP contribution in [0.4, 0.5) is 17.6 Å². The second-order valence-corrected chi connectivity index (χ2v) is 9.13. The number of carbonyl (C=O) groups excluding carboxylic acids is 1. The first-order chi connectivity index (χ1) is 14.1. The van der Waals surface area contributed by atoms with Crippen LogP contribution in [0.25, 0.3) is 0 Å². The van der Waals surface area contributed by atoms with Gasteiger partial charge >= 0.3 is 6.18 Å². The molecule has 1 aliphatic heterocycles. The Morgan fingerprint density at radius 3 is 2.30 bits per heavy atom. The van der Waals surface area contributed by atoms with E-state index in [2.05, 4.69) is 9.97 Å². The maximum Gasteiger partial charge on any atom is 0.433 e. The van der Waals surface area contributed by atoms with Crippen LogP contribution in [0.5, 0.6) is 0 Å². The molecule has 0 atom stereocenters. The number of amides is 1. The van der Waals surface area contributed by atoms with Gasteiger partial charge in [0.1, 0.15) is 11.5 Å². The topological polar surface area (TPSA) is 83.5 Å². The molecule has 0 radical (unpaired) electrons. The summed E-state index contributed by atoms with van der Waals surface area (Å²) >= 11 is 0.776. The highest BCUT2D eigenvalue weighted by atomic mass is 32.2. The fourth-order valence-corrected chi connectivity index (χ4v) is 4.87. The Morgan fingerprint density at radius 1 is 1.07 bits per heavy atom. The number of sulfonamides is 1. The molecule has 1 fully saturated rings. The van der Waals surface area contributed by atoms with E-state index in [4.69, 9.17) is 0 Å². The fourth-order valence-electron chi connectivity index (χ4n) is 2.72. The zero-order valence-electron chi connectivity index (χ0n) is 15.3. The van der Waals surface area contributed by atoms with Gasteiger partial charge in [0.05, 0.1) is 10.6 Å². The summed E-state index contributed by atoms with van der Waals surface area (Å²) in [5.41, 5.74) is -1.09. The van der Waals surface area contributed by atoms with Crippen LogP contribution in [0.1, 0.15) is 5.69 Å². The quantitative estimate of drug-likeness (QED) is 0.384. The van der Waals surface area contributed by atoms with E-state index < -0.39 is 27.7 Å². The van der Waals surface area contributed by atoms with Crippen LogP contribution in [-0.4, -0.2) is 65.4 Å². The normalized spacial score (nSPS) is 15.9. The van der Waals surface area contributed by atoms with Crippen LogP contribution in [0, 0.1) is 5.82 Å². The number of thioether (sulfide) groups is 1. The van der Waals surface area contributed by atoms with Crippen molar-refractivity contribution in [3.05, 3.63) is 48.0 Å². The van der Waals surface area contributed by atoms with E-state index in [1.807, 2.05) is 0 Å². The van der Waals surface area contributed by atoms with Crippen LogP contribution in [0.2, 0.25) is 0 Å². The number of rotatable bonds is 5. The van der Waals surface area contributed by atoms with Gasteiger partial charge in [-0.25, -0.2) is 22.8 Å². The minimum atomic E-state index is -4.60. The first-order valence-electron chi connectivity index (χ1n) is 8.64. The van der Waals surface area contributed by atoms with Gasteiger partial charge in [-0.15, -0.1) is 0 Å². The molecule has 0 spiro atoms. The summed E-state index contributed by atoms with van der Waals surface area (Å²) < 4.78 is 77.4. The lowest BCUT2D eigenvalue weighted by atomic mass is 10.3. The molecule has 2 heterocycles. The van der Waals surface area contributed by atoms with Gasteiger partial charge in [-0.05, 0) is 30.3 Å². The molecule has 0 unspecified atom stereocenters. The van der Waals surface area contributed by atoms with E-state index in [1.165, 1.54) is 21.3 Å². The minimum absolute atomic E-state index is 0.0408. The highest BCUT2D eigenvalue weighted by Gasteiger charge is 2.33. The van der Waals surface area contributed by atoms with E-state index in [0.717, 1.165) is 36.2 Å². The minimum Gasteiger partial charge on any atom is -0.339 e. The van der Waals surface area contributed by atoms with Gasteiger partial charge in [-0.3, -0.25) is 4.79 Å². The molecule has 3 rings (SSSR count). The van der Waals surface area contributed by atoms with Crippen LogP contribution in [0.3, 0.4) is 0 Å². The Labute approximate surface area is 174 Å². The molecular weight excluding hydrogens is 448 g/mol. The van der Waals surface area contributed by atoms with Crippen molar-refractivity contribution in [3.63, 3.8) is 0 Å². The molecule has 1 amide bonds. The van der Waals surface area contributed by atoms with Crippen molar-refractivity contribution in [1.29, 1.82) is 0 Å². The van der Waals surface area contributed by atoms with Gasteiger partial charge in [-0.2, -0.15) is 17.5 Å². The number of piperazine rings is 1. The summed E-state index contributed by atoms with van der Waals surface area (Å²) in [6, 6.07) is 5.20. The van der Waals surface area contributed by atoms with Gasteiger partial charge in [0, 0.05) is 32.4 Å². The third-order valence-electron chi connectivity index (χ3n) is 4.29. The Bertz CT molecular complexity index is 1010. The Hall–Kier alpha value is -2.25. The highest BCUT2D eigenvalue weighted by Crippen LogP contribution is 2.28. The average Bonchev–Trinajstić information content (AvgIpc) is 2.72. The van der Waals surface area contributed by atoms with Crippen molar-refractivity contribution >= 4 is 27.7 Å². The van der Waals surface area contributed by atoms with Crippen molar-refractivity contribution in [3.8, 4) is 0 Å². The highest BCUT2D eigenvalue weighted by molar-refractivity contribution is 7.99. The van der Waals surface area contributed by atoms with Crippen molar-refractivity contribution in [2.75, 3.05) is 31.9 Å². The van der Waals surface area contributed by atoms with E-state index >= 15 is 0 Å². The monoisotopic (exact) mass is 464 g/mol. The smallest absolute Gasteiger partial charge is 0.339 e. The molecule has 30 heavy (non-hydrogen) atoms. The molecule has 162 valence electrons. The summed E-state index contributed by atoms with van der Waals surface area (Å²) in [6.45, 7) is 0.360. The zero-order valence-corrected chi connectivity index (χ0v) is 17.0. The van der Waals surface area contributed by atoms with E-state index in [-0.39, 0.29) is 47.9 Å². The molecule has 0 saturated carbocycles. The molecule has 13 heteroatoms. The second kappa shape index (κ2) is 8.86. The summed E-state index contributed by atoms with van der Waals surface area (Å²) in [5.74, 6) is -1.09. The predicted octanol–water partition coefficient (Wildman–Crippen LogP) is 2.26. The van der Waals surface area contributed by atoms with Crippen LogP contribution in [0.15, 0.2) is 46.6 Å². The summed E-state index contributed by atoms with van der Waals surface area (Å²) in [7, 11) is -3.80. The molecule has 1 aromatic carbocycles. The number of hydrogen-bond donors (Lipinski definition) is 0. The zero-order chi connectivity index (χ0) is 21.9. The number of aromatic nitrogens is 2. The molecule has 1 saturated heterocycles. The van der Waals surface area contributed by atoms with Crippen molar-refractivity contribution in [2.24, 2.45) is 0 Å². The fraction of sp³-hybridized carbons (Fsp3) is 0.353. The van der Waals surface area contributed by atoms with Crippen molar-refractivity contribution < 1.29 is 30.8 Å². The van der Waals surface area contributed by atoms with Gasteiger partial charge in [0.2, 0.25) is 15.9 Å². The molecule has 0 N–H and O–H groups in total. The average molecular weight is 464 g/mol. The molecule has 2 aromatic rings. The summed E-state index contributed by atoms with van der Waals surface area (Å²) in [6.07, 6.45) is -3.63. The maximum atomic E-state index is 13.0. The lowest BCUT2D eigenvalue weighted by Crippen LogP contribution is -2.50. The van der Waals surface area contributed by atoms with Gasteiger partial charge in [0.25, 0.3) is 0 Å². The SMILES string of the molecule is O=C(CSc1nccc(C(F)(F)F)n1)N1CCN(S(=O)(=O)c2ccc(F)cc2)CC1. The third-order valence-corrected chi connectivity index (χ3v) is 7.05. The van der Waals surface area contributed by atoms with Crippen molar-refractivity contribution in [1.82, 2.24) is 19.2 Å². The summed E-state index contributed by atoms with van der Waals surface area (Å²) in [4.78, 5) is 20.8. The number of carbonyl (C=O) groups is 1. The van der Waals surface area contributed by atoms with Gasteiger partial charge < -0.3 is 4.90 Å². The lowest BCUT2D eigenvalue weighted by molar-refractivity contribution is -0.141. The van der Waals surface area contributed by atoms with E-state index in [1.54, 1.807) is 0 Å². The van der Waals surface area contributed by atoms with Gasteiger partial charge in [0.15, 0.2) is 5.16 Å². The van der Waals surface area contributed by atoms with E-state index in [9.17, 15) is 30.8 Å². The molecule has 1 aromatic heterocycles. The van der Waals surface area contributed by atoms with Crippen LogP contribution in [-0.2, 0) is 21.0 Å². The first kappa shape index (κ1) is 22.4. The maximum absolute atomic E-state index is 13.0. The number of halogens is 4. The van der Waals surface area contributed by atoms with Crippen molar-refractivity contribution in [2.45, 2.75) is 16.2 Å². The number of benzene rings is 1. The number of nitrogens with zero attached hydrogens (tertiary/aromatic N) is 4. The molecule has 7 nitrogen and oxygen atoms in total. The Kier molecular flexibility index (Phi) is 6.62. The second-order valence-electron chi connectivity index (χ2n) is 6.25. The Morgan fingerprint density at radius 2 is 1.70 bits per heavy atom. The molecule has 0 aliphatic carbocycles. The standard InChI is InChI=1S/C17H16F4N4O3S2/c18-12-1-3-13(4-2-12)30(27,28)25-9-7-24(8-10-25)15(26)11-29-16-22-6-5-14(23-16)17(19,20)21/h1-6H,7-11H2. The molecule has 0 bridgehead atoms. The lowest BCUT2D eigenvalue weighted by Gasteiger charge is -2.34. The van der Waals surface area contributed by atoms with E-state index in [0.29, 0.717) is 0 Å². The third kappa shape index (κ3) is 5.26. The number of alkyl halides is 3. The van der Waals surface area contributed by atoms with Crippen LogP contribution < -0.4 is 0 Å². The largest absolute Gasteiger partial charge is 0.433 e. The predicted molar refractivity (Wildman–Crippen MR) is 99.5 cm³/mol. The Balaban J connectivity index is 1.55. The summed E-state index contributed by atoms with van der Waals surface area (Å²) in [5, 5.41) is -0.171. The molecular formula is C17H16F4N4O3S2. The van der Waals surface area contributed by atoms with Crippen LogP contribution >= 0.6 is 11.8 Å². The first-order valence-corrected chi connectivity index (χ1v) is 11.1.